The molecule has 0 radical (unpaired) electrons. The Labute approximate surface area is 271 Å². The molecule has 5 heterocycles. The number of ether oxygens (including phenoxy) is 1. The van der Waals surface area contributed by atoms with Crippen LogP contribution in [0.25, 0.3) is 11.0 Å². The smallest absolute Gasteiger partial charge is 0.414 e. The highest BCUT2D eigenvalue weighted by Crippen LogP contribution is 2.40. The second-order valence-electron chi connectivity index (χ2n) is 13.2. The van der Waals surface area contributed by atoms with Gasteiger partial charge in [0.15, 0.2) is 0 Å². The number of para-hydroxylation sites is 1. The van der Waals surface area contributed by atoms with E-state index in [4.69, 9.17) is 4.74 Å². The highest BCUT2D eigenvalue weighted by molar-refractivity contribution is 5.97. The quantitative estimate of drug-likeness (QED) is 0.284. The molecule has 0 bridgehead atoms. The number of hydrogen-bond donors (Lipinski definition) is 1. The van der Waals surface area contributed by atoms with Crippen molar-refractivity contribution in [2.45, 2.75) is 72.4 Å². The fourth-order valence-electron chi connectivity index (χ4n) is 5.87. The average molecular weight is 630 g/mol. The largest absolute Gasteiger partial charge is 0.443 e. The predicted molar refractivity (Wildman–Crippen MR) is 184 cm³/mol. The third-order valence-corrected chi connectivity index (χ3v) is 8.08. The van der Waals surface area contributed by atoms with E-state index in [1.165, 1.54) is 6.42 Å². The molecule has 1 aromatic carbocycles. The number of nitrogens with one attached hydrogen (secondary N) is 1. The molecule has 2 aliphatic rings. The lowest BCUT2D eigenvalue weighted by Gasteiger charge is -2.39. The number of hydrogen-bond acceptors (Lipinski definition) is 9. The van der Waals surface area contributed by atoms with Gasteiger partial charge in [0.25, 0.3) is 5.56 Å². The van der Waals surface area contributed by atoms with E-state index in [-0.39, 0.29) is 5.56 Å². The van der Waals surface area contributed by atoms with Gasteiger partial charge in [-0.15, -0.1) is 0 Å². The molecule has 246 valence electrons. The number of aryl methyl sites for hydroxylation is 2. The lowest BCUT2D eigenvalue weighted by Crippen LogP contribution is -2.46. The van der Waals surface area contributed by atoms with Gasteiger partial charge in [0.2, 0.25) is 5.95 Å². The van der Waals surface area contributed by atoms with Gasteiger partial charge in [-0.05, 0) is 78.4 Å². The molecular weight excluding hydrogens is 582 g/mol. The molecule has 0 atom stereocenters. The molecule has 4 aromatic rings. The summed E-state index contributed by atoms with van der Waals surface area (Å²) in [5.74, 6) is 0.394. The van der Waals surface area contributed by atoms with Gasteiger partial charge < -0.3 is 19.9 Å². The maximum Gasteiger partial charge on any atom is 0.414 e. The van der Waals surface area contributed by atoms with Gasteiger partial charge in [-0.25, -0.2) is 9.78 Å². The number of carbonyl (C=O) groups is 1. The first kappa shape index (κ1) is 32.9. The van der Waals surface area contributed by atoms with Crippen LogP contribution < -0.4 is 20.7 Å². The summed E-state index contributed by atoms with van der Waals surface area (Å²) < 4.78 is 9.26. The minimum Gasteiger partial charge on any atom is -0.443 e. The van der Waals surface area contributed by atoms with Gasteiger partial charge in [0.1, 0.15) is 16.9 Å². The van der Waals surface area contributed by atoms with Crippen molar-refractivity contribution < 1.29 is 9.53 Å². The Morgan fingerprint density at radius 1 is 1.04 bits per heavy atom. The Morgan fingerprint density at radius 2 is 1.76 bits per heavy atom. The highest BCUT2D eigenvalue weighted by Gasteiger charge is 2.33. The van der Waals surface area contributed by atoms with Gasteiger partial charge >= 0.3 is 6.09 Å². The van der Waals surface area contributed by atoms with Crippen LogP contribution in [0.2, 0.25) is 0 Å². The van der Waals surface area contributed by atoms with Crippen molar-refractivity contribution in [2.75, 3.05) is 48.3 Å². The Balaban J connectivity index is 0.00000134. The van der Waals surface area contributed by atoms with Crippen LogP contribution in [-0.4, -0.2) is 74.1 Å². The van der Waals surface area contributed by atoms with E-state index in [1.54, 1.807) is 28.9 Å². The Bertz CT molecular complexity index is 1750. The molecular formula is C34H47N9O3. The number of amides is 1. The number of nitrogens with zero attached hydrogens (tertiary/aromatic N) is 8. The van der Waals surface area contributed by atoms with Crippen molar-refractivity contribution in [1.29, 1.82) is 0 Å². The van der Waals surface area contributed by atoms with E-state index in [0.29, 0.717) is 36.4 Å². The Hall–Kier alpha value is -4.45. The monoisotopic (exact) mass is 629 g/mol. The number of benzene rings is 1. The zero-order valence-electron chi connectivity index (χ0n) is 28.4. The van der Waals surface area contributed by atoms with Crippen LogP contribution in [0.1, 0.15) is 65.5 Å². The van der Waals surface area contributed by atoms with Crippen molar-refractivity contribution in [2.24, 2.45) is 7.05 Å². The molecule has 6 rings (SSSR count). The molecule has 1 saturated heterocycles. The topological polar surface area (TPSA) is 114 Å². The zero-order valence-corrected chi connectivity index (χ0v) is 28.4. The van der Waals surface area contributed by atoms with Crippen LogP contribution >= 0.6 is 0 Å². The van der Waals surface area contributed by atoms with Crippen molar-refractivity contribution in [1.82, 2.24) is 29.2 Å². The normalized spacial score (nSPS) is 15.7. The summed E-state index contributed by atoms with van der Waals surface area (Å²) >= 11 is 0. The first-order chi connectivity index (χ1) is 21.9. The minimum atomic E-state index is -0.619. The fraction of sp³-hybridized carbons (Fsp3) is 0.500. The Kier molecular flexibility index (Phi) is 9.66. The lowest BCUT2D eigenvalue weighted by molar-refractivity contribution is 0.0580. The van der Waals surface area contributed by atoms with E-state index in [1.807, 2.05) is 67.7 Å². The number of likely N-dealkylation sites (tertiary alicyclic amines) is 1. The first-order valence-corrected chi connectivity index (χ1v) is 16.1. The average Bonchev–Trinajstić information content (AvgIpc) is 3.47. The molecule has 0 saturated carbocycles. The Morgan fingerprint density at radius 3 is 2.46 bits per heavy atom. The number of aromatic nitrogens is 5. The number of carbonyl (C=O) groups excluding carboxylic acids is 1. The predicted octanol–water partition coefficient (Wildman–Crippen LogP) is 6.15. The van der Waals surface area contributed by atoms with Crippen LogP contribution in [0.15, 0.2) is 47.7 Å². The first-order valence-electron chi connectivity index (χ1n) is 16.1. The van der Waals surface area contributed by atoms with Gasteiger partial charge in [-0.1, -0.05) is 32.4 Å². The summed E-state index contributed by atoms with van der Waals surface area (Å²) in [5, 5.41) is 8.54. The molecule has 2 aliphatic heterocycles. The zero-order chi connectivity index (χ0) is 33.2. The number of piperidine rings is 1. The van der Waals surface area contributed by atoms with Crippen LogP contribution in [0.5, 0.6) is 0 Å². The maximum atomic E-state index is 13.8. The molecule has 12 nitrogen and oxygen atoms in total. The van der Waals surface area contributed by atoms with Crippen LogP contribution in [-0.2, 0) is 11.8 Å². The molecule has 3 aromatic heterocycles. The maximum absolute atomic E-state index is 13.8. The van der Waals surface area contributed by atoms with E-state index < -0.39 is 11.7 Å². The number of anilines is 5. The van der Waals surface area contributed by atoms with Gasteiger partial charge in [-0.3, -0.25) is 18.9 Å². The van der Waals surface area contributed by atoms with Crippen molar-refractivity contribution in [3.05, 3.63) is 58.8 Å². The number of pyridine rings is 1. The summed E-state index contributed by atoms with van der Waals surface area (Å²) in [4.78, 5) is 42.1. The molecule has 1 fully saturated rings. The van der Waals surface area contributed by atoms with E-state index in [2.05, 4.69) is 46.2 Å². The highest BCUT2D eigenvalue weighted by atomic mass is 16.6. The number of rotatable bonds is 4. The molecule has 46 heavy (non-hydrogen) atoms. The van der Waals surface area contributed by atoms with Crippen LogP contribution in [0.3, 0.4) is 0 Å². The second kappa shape index (κ2) is 13.5. The molecule has 12 heteroatoms. The minimum absolute atomic E-state index is 0.189. The summed E-state index contributed by atoms with van der Waals surface area (Å²) in [5.41, 5.74) is 3.44. The van der Waals surface area contributed by atoms with Gasteiger partial charge in [-0.2, -0.15) is 10.1 Å². The van der Waals surface area contributed by atoms with Crippen LogP contribution in [0.4, 0.5) is 33.5 Å². The lowest BCUT2D eigenvalue weighted by atomic mass is 10.1. The summed E-state index contributed by atoms with van der Waals surface area (Å²) in [7, 11) is 3.86. The molecule has 1 N–H and O–H groups in total. The van der Waals surface area contributed by atoms with E-state index >= 15 is 0 Å². The van der Waals surface area contributed by atoms with Gasteiger partial charge in [0, 0.05) is 37.9 Å². The summed E-state index contributed by atoms with van der Waals surface area (Å²) in [6.45, 7) is 14.7. The third kappa shape index (κ3) is 7.01. The van der Waals surface area contributed by atoms with Crippen LogP contribution in [0, 0.1) is 6.92 Å². The molecule has 0 spiro atoms. The molecule has 1 amide bonds. The number of fused-ring (bicyclic) bond motifs is 2. The third-order valence-electron chi connectivity index (χ3n) is 8.08. The standard InChI is InChI=1S/C31H39N9O3.C3H8/c1-20-8-7-9-24-26(20)39(30(42)43-31(2,3)4)15-14-38(24)25-16-21-17-32-29(35-27(21)37(6)28(25)41)34-22-18-33-40(19-22)23-10-12-36(5)13-11-23;1-3-2/h7-9,16-19,23H,10-15H2,1-6H3,(H,32,34,35);3H2,1-2H3. The van der Waals surface area contributed by atoms with E-state index in [9.17, 15) is 9.59 Å². The summed E-state index contributed by atoms with van der Waals surface area (Å²) in [6, 6.07) is 8.02. The van der Waals surface area contributed by atoms with Gasteiger partial charge in [0.05, 0.1) is 29.3 Å². The summed E-state index contributed by atoms with van der Waals surface area (Å²) in [6.07, 6.45) is 8.47. The SMILES string of the molecule is CCC.Cc1cccc2c1N(C(=O)OC(C)(C)C)CCN2c1cc2cnc(Nc3cnn(C4CCN(C)CC4)c3)nc2n(C)c1=O. The fourth-order valence-corrected chi connectivity index (χ4v) is 5.87. The second-order valence-corrected chi connectivity index (χ2v) is 13.2. The molecule has 0 unspecified atom stereocenters. The van der Waals surface area contributed by atoms with Crippen molar-refractivity contribution in [3.8, 4) is 0 Å². The molecule has 0 aliphatic carbocycles. The van der Waals surface area contributed by atoms with E-state index in [0.717, 1.165) is 53.9 Å². The van der Waals surface area contributed by atoms with Crippen molar-refractivity contribution >= 4 is 45.8 Å². The van der Waals surface area contributed by atoms with Crippen molar-refractivity contribution in [3.63, 3.8) is 0 Å².